The van der Waals surface area contributed by atoms with Crippen LogP contribution in [-0.2, 0) is 11.3 Å². The predicted octanol–water partition coefficient (Wildman–Crippen LogP) is 2.91. The van der Waals surface area contributed by atoms with Crippen LogP contribution < -0.4 is 10.5 Å². The van der Waals surface area contributed by atoms with Gasteiger partial charge in [0, 0.05) is 11.6 Å². The number of methoxy groups -OCH3 is 1. The molecule has 0 heterocycles. The second-order valence-corrected chi connectivity index (χ2v) is 4.27. The summed E-state index contributed by atoms with van der Waals surface area (Å²) in [4.78, 5) is 11.8. The van der Waals surface area contributed by atoms with Gasteiger partial charge in [-0.3, -0.25) is 0 Å². The maximum atomic E-state index is 13.4. The predicted molar refractivity (Wildman–Crippen MR) is 72.9 cm³/mol. The number of carbonyl (C=O) groups excluding carboxylic acids is 1. The third-order valence-corrected chi connectivity index (χ3v) is 2.84. The van der Waals surface area contributed by atoms with Gasteiger partial charge in [0.25, 0.3) is 0 Å². The number of nitrogen functional groups attached to an aromatic ring is 1. The Bertz CT molecular complexity index is 674. The fourth-order valence-corrected chi connectivity index (χ4v) is 1.73. The number of nitrogens with two attached hydrogens (primary N) is 1. The number of ether oxygens (including phenoxy) is 2. The fourth-order valence-electron chi connectivity index (χ4n) is 1.73. The third-order valence-electron chi connectivity index (χ3n) is 2.84. The molecule has 0 radical (unpaired) electrons. The van der Waals surface area contributed by atoms with Gasteiger partial charge >= 0.3 is 5.97 Å². The molecule has 0 aliphatic heterocycles. The largest absolute Gasteiger partial charge is 0.495 e. The van der Waals surface area contributed by atoms with Crippen LogP contribution in [0.4, 0.5) is 14.5 Å². The average Bonchev–Trinajstić information content (AvgIpc) is 2.46. The number of hydrogen-bond donors (Lipinski definition) is 1. The first kappa shape index (κ1) is 14.8. The fraction of sp³-hybridized carbons (Fsp3) is 0.133. The van der Waals surface area contributed by atoms with E-state index in [0.29, 0.717) is 11.4 Å². The van der Waals surface area contributed by atoms with Gasteiger partial charge < -0.3 is 15.2 Å². The Hall–Kier alpha value is -2.63. The highest BCUT2D eigenvalue weighted by Crippen LogP contribution is 2.22. The Morgan fingerprint density at radius 2 is 1.95 bits per heavy atom. The van der Waals surface area contributed by atoms with Crippen LogP contribution in [0.5, 0.6) is 5.75 Å². The van der Waals surface area contributed by atoms with E-state index in [4.69, 9.17) is 15.2 Å². The van der Waals surface area contributed by atoms with E-state index in [1.165, 1.54) is 31.4 Å². The lowest BCUT2D eigenvalue weighted by atomic mass is 10.2. The molecule has 0 fully saturated rings. The molecule has 0 aromatic heterocycles. The standard InChI is InChI=1S/C15H13F2NO3/c1-20-14-5-3-9(6-13(14)18)15(19)21-8-10-2-4-11(16)7-12(10)17/h2-7H,8,18H2,1H3. The maximum Gasteiger partial charge on any atom is 0.338 e. The first-order valence-electron chi connectivity index (χ1n) is 6.06. The molecule has 21 heavy (non-hydrogen) atoms. The second-order valence-electron chi connectivity index (χ2n) is 4.27. The normalized spacial score (nSPS) is 10.2. The third kappa shape index (κ3) is 3.47. The summed E-state index contributed by atoms with van der Waals surface area (Å²) >= 11 is 0. The molecule has 0 aliphatic carbocycles. The molecule has 2 aromatic carbocycles. The molecule has 0 unspecified atom stereocenters. The van der Waals surface area contributed by atoms with Gasteiger partial charge in [-0.15, -0.1) is 0 Å². The lowest BCUT2D eigenvalue weighted by Crippen LogP contribution is -2.07. The topological polar surface area (TPSA) is 61.5 Å². The van der Waals surface area contributed by atoms with Crippen molar-refractivity contribution in [1.29, 1.82) is 0 Å². The summed E-state index contributed by atoms with van der Waals surface area (Å²) in [5.74, 6) is -1.67. The zero-order chi connectivity index (χ0) is 15.4. The number of hydrogen-bond acceptors (Lipinski definition) is 4. The van der Waals surface area contributed by atoms with Gasteiger partial charge in [0.15, 0.2) is 0 Å². The van der Waals surface area contributed by atoms with Crippen LogP contribution in [0.2, 0.25) is 0 Å². The Labute approximate surface area is 120 Å². The van der Waals surface area contributed by atoms with E-state index in [-0.39, 0.29) is 17.7 Å². The van der Waals surface area contributed by atoms with Crippen molar-refractivity contribution in [2.24, 2.45) is 0 Å². The quantitative estimate of drug-likeness (QED) is 0.695. The number of halogens is 2. The van der Waals surface area contributed by atoms with E-state index < -0.39 is 17.6 Å². The zero-order valence-electron chi connectivity index (χ0n) is 11.2. The molecule has 4 nitrogen and oxygen atoms in total. The van der Waals surface area contributed by atoms with Crippen molar-refractivity contribution in [2.45, 2.75) is 6.61 Å². The van der Waals surface area contributed by atoms with Crippen LogP contribution in [-0.4, -0.2) is 13.1 Å². The van der Waals surface area contributed by atoms with Gasteiger partial charge in [0.2, 0.25) is 0 Å². The monoisotopic (exact) mass is 293 g/mol. The summed E-state index contributed by atoms with van der Waals surface area (Å²) in [5, 5.41) is 0. The van der Waals surface area contributed by atoms with Crippen LogP contribution >= 0.6 is 0 Å². The van der Waals surface area contributed by atoms with Crippen LogP contribution in [0.15, 0.2) is 36.4 Å². The number of benzene rings is 2. The highest BCUT2D eigenvalue weighted by atomic mass is 19.1. The highest BCUT2D eigenvalue weighted by Gasteiger charge is 2.12. The summed E-state index contributed by atoms with van der Waals surface area (Å²) < 4.78 is 36.1. The first-order valence-corrected chi connectivity index (χ1v) is 6.06. The summed E-state index contributed by atoms with van der Waals surface area (Å²) in [6.07, 6.45) is 0. The SMILES string of the molecule is COc1ccc(C(=O)OCc2ccc(F)cc2F)cc1N. The highest BCUT2D eigenvalue weighted by molar-refractivity contribution is 5.91. The van der Waals surface area contributed by atoms with Crippen molar-refractivity contribution in [2.75, 3.05) is 12.8 Å². The lowest BCUT2D eigenvalue weighted by molar-refractivity contribution is 0.0469. The minimum atomic E-state index is -0.767. The molecule has 0 saturated heterocycles. The molecule has 0 amide bonds. The smallest absolute Gasteiger partial charge is 0.338 e. The Morgan fingerprint density at radius 1 is 1.19 bits per heavy atom. The van der Waals surface area contributed by atoms with Crippen LogP contribution in [0.3, 0.4) is 0 Å². The molecule has 0 spiro atoms. The van der Waals surface area contributed by atoms with E-state index in [9.17, 15) is 13.6 Å². The van der Waals surface area contributed by atoms with Crippen LogP contribution in [0.25, 0.3) is 0 Å². The molecule has 6 heteroatoms. The molecule has 0 bridgehead atoms. The Morgan fingerprint density at radius 3 is 2.57 bits per heavy atom. The summed E-state index contributed by atoms with van der Waals surface area (Å²) in [7, 11) is 1.46. The van der Waals surface area contributed by atoms with Crippen molar-refractivity contribution < 1.29 is 23.0 Å². The summed E-state index contributed by atoms with van der Waals surface area (Å²) in [6, 6.07) is 7.47. The molecular formula is C15H13F2NO3. The molecule has 0 atom stereocenters. The van der Waals surface area contributed by atoms with Gasteiger partial charge in [-0.1, -0.05) is 0 Å². The van der Waals surface area contributed by atoms with Gasteiger partial charge in [-0.25, -0.2) is 13.6 Å². The van der Waals surface area contributed by atoms with Gasteiger partial charge in [-0.2, -0.15) is 0 Å². The van der Waals surface area contributed by atoms with Crippen molar-refractivity contribution in [3.05, 3.63) is 59.2 Å². The molecule has 110 valence electrons. The van der Waals surface area contributed by atoms with Crippen molar-refractivity contribution in [3.63, 3.8) is 0 Å². The number of esters is 1. The molecule has 2 N–H and O–H groups in total. The Kier molecular flexibility index (Phi) is 4.37. The van der Waals surface area contributed by atoms with Crippen LogP contribution in [0, 0.1) is 11.6 Å². The maximum absolute atomic E-state index is 13.4. The lowest BCUT2D eigenvalue weighted by Gasteiger charge is -2.08. The minimum Gasteiger partial charge on any atom is -0.495 e. The van der Waals surface area contributed by atoms with Crippen molar-refractivity contribution in [3.8, 4) is 5.75 Å². The Balaban J connectivity index is 2.06. The molecule has 2 aromatic rings. The van der Waals surface area contributed by atoms with E-state index in [1.807, 2.05) is 0 Å². The van der Waals surface area contributed by atoms with Crippen LogP contribution in [0.1, 0.15) is 15.9 Å². The van der Waals surface area contributed by atoms with E-state index >= 15 is 0 Å². The summed E-state index contributed by atoms with van der Waals surface area (Å²) in [5.41, 5.74) is 6.28. The minimum absolute atomic E-state index is 0.0891. The van der Waals surface area contributed by atoms with Gasteiger partial charge in [-0.05, 0) is 30.3 Å². The van der Waals surface area contributed by atoms with Crippen molar-refractivity contribution >= 4 is 11.7 Å². The van der Waals surface area contributed by atoms with E-state index in [2.05, 4.69) is 0 Å². The van der Waals surface area contributed by atoms with E-state index in [1.54, 1.807) is 0 Å². The summed E-state index contributed by atoms with van der Waals surface area (Å²) in [6.45, 7) is -0.295. The first-order chi connectivity index (χ1) is 10.0. The molecule has 0 aliphatic rings. The molecule has 0 saturated carbocycles. The van der Waals surface area contributed by atoms with E-state index in [0.717, 1.165) is 12.1 Å². The zero-order valence-corrected chi connectivity index (χ0v) is 11.2. The average molecular weight is 293 g/mol. The molecular weight excluding hydrogens is 280 g/mol. The number of anilines is 1. The number of rotatable bonds is 4. The number of carbonyl (C=O) groups is 1. The van der Waals surface area contributed by atoms with Gasteiger partial charge in [0.1, 0.15) is 24.0 Å². The van der Waals surface area contributed by atoms with Gasteiger partial charge in [0.05, 0.1) is 18.4 Å². The second kappa shape index (κ2) is 6.21. The molecule has 2 rings (SSSR count). The van der Waals surface area contributed by atoms with Crippen molar-refractivity contribution in [1.82, 2.24) is 0 Å².